The molecule has 0 saturated carbocycles. The van der Waals surface area contributed by atoms with Crippen molar-refractivity contribution in [3.8, 4) is 0 Å². The van der Waals surface area contributed by atoms with Crippen molar-refractivity contribution in [3.63, 3.8) is 0 Å². The lowest BCUT2D eigenvalue weighted by Crippen LogP contribution is -2.52. The van der Waals surface area contributed by atoms with Crippen molar-refractivity contribution < 1.29 is 4.52 Å². The Kier molecular flexibility index (Phi) is 7.30. The van der Waals surface area contributed by atoms with E-state index in [1.165, 1.54) is 0 Å². The van der Waals surface area contributed by atoms with E-state index in [0.29, 0.717) is 6.54 Å². The Bertz CT molecular complexity index is 919. The first-order valence-electron chi connectivity index (χ1n) is 8.91. The largest absolute Gasteiger partial charge is 0.364 e. The molecule has 28 heavy (non-hydrogen) atoms. The van der Waals surface area contributed by atoms with Crippen molar-refractivity contribution in [2.24, 2.45) is 4.99 Å². The monoisotopic (exact) mass is 559 g/mol. The average Bonchev–Trinajstić information content (AvgIpc) is 3.32. The van der Waals surface area contributed by atoms with Gasteiger partial charge in [-0.2, -0.15) is 0 Å². The molecule has 4 heterocycles. The molecule has 0 amide bonds. The van der Waals surface area contributed by atoms with E-state index in [1.54, 1.807) is 6.26 Å². The molecule has 0 aromatic carbocycles. The standard InChI is InChI=1S/C18H22BrN7O.HI/c1-20-18(21-10-16-13-26-11-14(19)2-3-17(26)22-16)25-7-5-24(6-8-25)12-15-4-9-27-23-15;/h2-4,9,11,13H,5-8,10,12H2,1H3,(H,20,21);1H. The minimum absolute atomic E-state index is 0. The molecule has 4 rings (SSSR count). The predicted octanol–water partition coefficient (Wildman–Crippen LogP) is 2.60. The number of hydrogen-bond acceptors (Lipinski definition) is 5. The van der Waals surface area contributed by atoms with E-state index in [2.05, 4.69) is 46.2 Å². The van der Waals surface area contributed by atoms with E-state index in [9.17, 15) is 0 Å². The van der Waals surface area contributed by atoms with Gasteiger partial charge in [0.1, 0.15) is 11.9 Å². The summed E-state index contributed by atoms with van der Waals surface area (Å²) in [6.07, 6.45) is 5.67. The first-order chi connectivity index (χ1) is 13.2. The average molecular weight is 560 g/mol. The Labute approximate surface area is 189 Å². The molecule has 3 aromatic rings. The number of rotatable bonds is 4. The summed E-state index contributed by atoms with van der Waals surface area (Å²) in [6, 6.07) is 5.91. The molecule has 0 bridgehead atoms. The number of nitrogens with one attached hydrogen (secondary N) is 1. The van der Waals surface area contributed by atoms with E-state index in [1.807, 2.05) is 42.0 Å². The fraction of sp³-hybridized carbons (Fsp3) is 0.389. The molecule has 8 nitrogen and oxygen atoms in total. The summed E-state index contributed by atoms with van der Waals surface area (Å²) in [5, 5.41) is 7.42. The van der Waals surface area contributed by atoms with Gasteiger partial charge in [0.2, 0.25) is 0 Å². The van der Waals surface area contributed by atoms with Gasteiger partial charge in [-0.3, -0.25) is 9.89 Å². The molecule has 1 N–H and O–H groups in total. The molecular weight excluding hydrogens is 537 g/mol. The quantitative estimate of drug-likeness (QED) is 0.301. The molecular formula is C18H23BrIN7O. The Morgan fingerprint density at radius 1 is 1.18 bits per heavy atom. The molecule has 1 fully saturated rings. The van der Waals surface area contributed by atoms with Crippen LogP contribution in [0.2, 0.25) is 0 Å². The Morgan fingerprint density at radius 3 is 2.71 bits per heavy atom. The maximum atomic E-state index is 4.91. The molecule has 0 radical (unpaired) electrons. The SMILES string of the molecule is CN=C(NCc1cn2cc(Br)ccc2n1)N1CCN(Cc2ccon2)CC1.I. The normalized spacial score (nSPS) is 15.6. The van der Waals surface area contributed by atoms with Gasteiger partial charge >= 0.3 is 0 Å². The number of imidazole rings is 1. The second-order valence-electron chi connectivity index (χ2n) is 6.50. The van der Waals surface area contributed by atoms with Gasteiger partial charge in [0, 0.05) is 62.7 Å². The minimum Gasteiger partial charge on any atom is -0.364 e. The summed E-state index contributed by atoms with van der Waals surface area (Å²) in [5.74, 6) is 0.911. The molecule has 1 aliphatic heterocycles. The fourth-order valence-corrected chi connectivity index (χ4v) is 3.62. The Morgan fingerprint density at radius 2 is 2.00 bits per heavy atom. The number of hydrogen-bond donors (Lipinski definition) is 1. The number of halogens is 2. The van der Waals surface area contributed by atoms with Gasteiger partial charge in [-0.25, -0.2) is 4.98 Å². The minimum atomic E-state index is 0. The second-order valence-corrected chi connectivity index (χ2v) is 7.42. The first-order valence-corrected chi connectivity index (χ1v) is 9.71. The van der Waals surface area contributed by atoms with Crippen LogP contribution in [0.1, 0.15) is 11.4 Å². The van der Waals surface area contributed by atoms with Crippen molar-refractivity contribution in [3.05, 3.63) is 52.7 Å². The van der Waals surface area contributed by atoms with Gasteiger partial charge in [-0.05, 0) is 28.1 Å². The smallest absolute Gasteiger partial charge is 0.194 e. The van der Waals surface area contributed by atoms with Gasteiger partial charge in [-0.1, -0.05) is 5.16 Å². The summed E-state index contributed by atoms with van der Waals surface area (Å²) >= 11 is 3.49. The van der Waals surface area contributed by atoms with Gasteiger partial charge in [0.15, 0.2) is 5.96 Å². The van der Waals surface area contributed by atoms with E-state index >= 15 is 0 Å². The number of nitrogens with zero attached hydrogens (tertiary/aromatic N) is 6. The molecule has 3 aromatic heterocycles. The fourth-order valence-electron chi connectivity index (χ4n) is 3.27. The summed E-state index contributed by atoms with van der Waals surface area (Å²) in [5.41, 5.74) is 2.90. The van der Waals surface area contributed by atoms with Crippen LogP contribution in [0.3, 0.4) is 0 Å². The van der Waals surface area contributed by atoms with Crippen LogP contribution in [0, 0.1) is 0 Å². The van der Waals surface area contributed by atoms with Gasteiger partial charge < -0.3 is 19.1 Å². The predicted molar refractivity (Wildman–Crippen MR) is 122 cm³/mol. The molecule has 1 aliphatic rings. The molecule has 0 unspecified atom stereocenters. The van der Waals surface area contributed by atoms with Crippen LogP contribution in [-0.4, -0.2) is 63.5 Å². The number of aliphatic imine (C=N–C) groups is 1. The van der Waals surface area contributed by atoms with Crippen LogP contribution < -0.4 is 5.32 Å². The van der Waals surface area contributed by atoms with Crippen molar-refractivity contribution in [1.29, 1.82) is 0 Å². The number of pyridine rings is 1. The van der Waals surface area contributed by atoms with E-state index < -0.39 is 0 Å². The van der Waals surface area contributed by atoms with E-state index in [-0.39, 0.29) is 24.0 Å². The maximum Gasteiger partial charge on any atom is 0.194 e. The van der Waals surface area contributed by atoms with E-state index in [4.69, 9.17) is 4.52 Å². The first kappa shape index (κ1) is 21.1. The molecule has 0 spiro atoms. The molecule has 150 valence electrons. The van der Waals surface area contributed by atoms with Crippen LogP contribution >= 0.6 is 39.9 Å². The van der Waals surface area contributed by atoms with Crippen molar-refractivity contribution >= 4 is 51.5 Å². The number of piperazine rings is 1. The third-order valence-electron chi connectivity index (χ3n) is 4.65. The lowest BCUT2D eigenvalue weighted by Gasteiger charge is -2.36. The highest BCUT2D eigenvalue weighted by Gasteiger charge is 2.20. The number of guanidine groups is 1. The van der Waals surface area contributed by atoms with Gasteiger partial charge in [-0.15, -0.1) is 24.0 Å². The Hall–Kier alpha value is -1.66. The number of fused-ring (bicyclic) bond motifs is 1. The van der Waals surface area contributed by atoms with Crippen LogP contribution in [-0.2, 0) is 13.1 Å². The van der Waals surface area contributed by atoms with Crippen LogP contribution in [0.4, 0.5) is 0 Å². The van der Waals surface area contributed by atoms with Crippen molar-refractivity contribution in [1.82, 2.24) is 29.7 Å². The zero-order chi connectivity index (χ0) is 18.6. The maximum absolute atomic E-state index is 4.91. The van der Waals surface area contributed by atoms with Gasteiger partial charge in [0.05, 0.1) is 17.9 Å². The highest BCUT2D eigenvalue weighted by atomic mass is 127. The third-order valence-corrected chi connectivity index (χ3v) is 5.12. The lowest BCUT2D eigenvalue weighted by molar-refractivity contribution is 0.169. The highest BCUT2D eigenvalue weighted by Crippen LogP contribution is 2.13. The van der Waals surface area contributed by atoms with Crippen molar-refractivity contribution in [2.45, 2.75) is 13.1 Å². The Balaban J connectivity index is 0.00000225. The van der Waals surface area contributed by atoms with Crippen LogP contribution in [0.15, 0.2) is 50.8 Å². The summed E-state index contributed by atoms with van der Waals surface area (Å²) in [6.45, 7) is 5.26. The zero-order valence-electron chi connectivity index (χ0n) is 15.6. The van der Waals surface area contributed by atoms with Crippen molar-refractivity contribution in [2.75, 3.05) is 33.2 Å². The molecule has 0 atom stereocenters. The molecule has 1 saturated heterocycles. The van der Waals surface area contributed by atoms with Gasteiger partial charge in [0.25, 0.3) is 0 Å². The van der Waals surface area contributed by atoms with E-state index in [0.717, 1.165) is 60.2 Å². The topological polar surface area (TPSA) is 74.2 Å². The lowest BCUT2D eigenvalue weighted by atomic mass is 10.3. The molecule has 0 aliphatic carbocycles. The second kappa shape index (κ2) is 9.70. The third kappa shape index (κ3) is 5.03. The summed E-state index contributed by atoms with van der Waals surface area (Å²) < 4.78 is 7.96. The zero-order valence-corrected chi connectivity index (χ0v) is 19.5. The molecule has 10 heteroatoms. The summed E-state index contributed by atoms with van der Waals surface area (Å²) in [7, 11) is 1.82. The van der Waals surface area contributed by atoms with Crippen LogP contribution in [0.5, 0.6) is 0 Å². The highest BCUT2D eigenvalue weighted by molar-refractivity contribution is 14.0. The number of aromatic nitrogens is 3. The van der Waals surface area contributed by atoms with Crippen LogP contribution in [0.25, 0.3) is 5.65 Å². The summed E-state index contributed by atoms with van der Waals surface area (Å²) in [4.78, 5) is 13.7.